The van der Waals surface area contributed by atoms with E-state index in [1.165, 1.54) is 16.7 Å². The fraction of sp³-hybridized carbons (Fsp3) is 0.263. The lowest BCUT2D eigenvalue weighted by atomic mass is 10.1. The lowest BCUT2D eigenvalue weighted by Gasteiger charge is -2.16. The van der Waals surface area contributed by atoms with Crippen molar-refractivity contribution in [3.05, 3.63) is 58.7 Å². The van der Waals surface area contributed by atoms with Gasteiger partial charge < -0.3 is 11.1 Å². The van der Waals surface area contributed by atoms with Crippen molar-refractivity contribution in [2.45, 2.75) is 37.8 Å². The van der Waals surface area contributed by atoms with E-state index in [1.54, 1.807) is 36.0 Å². The number of nitrogens with one attached hydrogen (secondary N) is 1. The Balaban J connectivity index is 2.06. The monoisotopic (exact) mass is 342 g/mol. The van der Waals surface area contributed by atoms with Gasteiger partial charge in [0.2, 0.25) is 11.8 Å². The van der Waals surface area contributed by atoms with Crippen LogP contribution in [0.2, 0.25) is 0 Å². The molecule has 0 radical (unpaired) electrons. The van der Waals surface area contributed by atoms with Gasteiger partial charge in [0.05, 0.1) is 5.25 Å². The van der Waals surface area contributed by atoms with E-state index >= 15 is 0 Å². The van der Waals surface area contributed by atoms with Crippen LogP contribution in [0.25, 0.3) is 0 Å². The first kappa shape index (κ1) is 18.1. The van der Waals surface area contributed by atoms with Gasteiger partial charge in [-0.05, 0) is 63.1 Å². The summed E-state index contributed by atoms with van der Waals surface area (Å²) in [7, 11) is 0. The van der Waals surface area contributed by atoms with E-state index in [0.29, 0.717) is 11.3 Å². The van der Waals surface area contributed by atoms with Gasteiger partial charge in [-0.3, -0.25) is 9.59 Å². The Hall–Kier alpha value is -2.27. The van der Waals surface area contributed by atoms with E-state index in [2.05, 4.69) is 38.2 Å². The normalized spacial score (nSPS) is 11.8. The fourth-order valence-electron chi connectivity index (χ4n) is 2.54. The molecule has 0 fully saturated rings. The van der Waals surface area contributed by atoms with Gasteiger partial charge in [0, 0.05) is 16.1 Å². The van der Waals surface area contributed by atoms with Crippen LogP contribution in [0.4, 0.5) is 5.69 Å². The highest BCUT2D eigenvalue weighted by molar-refractivity contribution is 8.00. The van der Waals surface area contributed by atoms with Gasteiger partial charge >= 0.3 is 0 Å². The summed E-state index contributed by atoms with van der Waals surface area (Å²) in [6, 6.07) is 10.8. The van der Waals surface area contributed by atoms with E-state index in [0.717, 1.165) is 4.90 Å². The number of carbonyl (C=O) groups excluding carboxylic acids is 2. The number of hydrogen-bond acceptors (Lipinski definition) is 3. The Bertz CT molecular complexity index is 746. The zero-order valence-corrected chi connectivity index (χ0v) is 15.2. The zero-order valence-electron chi connectivity index (χ0n) is 14.3. The van der Waals surface area contributed by atoms with Crippen LogP contribution < -0.4 is 11.1 Å². The quantitative estimate of drug-likeness (QED) is 0.811. The molecule has 2 aromatic carbocycles. The molecule has 0 aliphatic heterocycles. The molecule has 0 saturated heterocycles. The number of aryl methyl sites for hydroxylation is 3. The molecule has 0 saturated carbocycles. The summed E-state index contributed by atoms with van der Waals surface area (Å²) in [4.78, 5) is 24.6. The topological polar surface area (TPSA) is 72.2 Å². The van der Waals surface area contributed by atoms with Crippen LogP contribution in [0.15, 0.2) is 41.3 Å². The van der Waals surface area contributed by atoms with Gasteiger partial charge in [0.15, 0.2) is 0 Å². The SMILES string of the molecule is Cc1cc(C)c(SC(C)C(=O)Nc2ccc(C(N)=O)cc2)c(C)c1. The van der Waals surface area contributed by atoms with Gasteiger partial charge in [0.25, 0.3) is 0 Å². The third kappa shape index (κ3) is 4.38. The molecule has 0 heterocycles. The Kier molecular flexibility index (Phi) is 5.67. The second-order valence-corrected chi connectivity index (χ2v) is 7.27. The smallest absolute Gasteiger partial charge is 0.248 e. The largest absolute Gasteiger partial charge is 0.366 e. The minimum absolute atomic E-state index is 0.0776. The highest BCUT2D eigenvalue weighted by atomic mass is 32.2. The number of rotatable bonds is 5. The molecule has 5 heteroatoms. The number of primary amides is 1. The van der Waals surface area contributed by atoms with Gasteiger partial charge in [-0.25, -0.2) is 0 Å². The van der Waals surface area contributed by atoms with Crippen molar-refractivity contribution in [3.8, 4) is 0 Å². The molecule has 0 aromatic heterocycles. The molecule has 3 N–H and O–H groups in total. The molecule has 24 heavy (non-hydrogen) atoms. The van der Waals surface area contributed by atoms with Gasteiger partial charge in [-0.1, -0.05) is 17.7 Å². The number of thioether (sulfide) groups is 1. The average molecular weight is 342 g/mol. The van der Waals surface area contributed by atoms with Gasteiger partial charge in [0.1, 0.15) is 0 Å². The predicted octanol–water partition coefficient (Wildman–Crippen LogP) is 3.83. The zero-order chi connectivity index (χ0) is 17.9. The Labute approximate surface area is 146 Å². The first-order valence-corrected chi connectivity index (χ1v) is 8.61. The Morgan fingerprint density at radius 3 is 2.08 bits per heavy atom. The molecule has 4 nitrogen and oxygen atoms in total. The highest BCUT2D eigenvalue weighted by Crippen LogP contribution is 2.31. The van der Waals surface area contributed by atoms with Crippen molar-refractivity contribution in [1.29, 1.82) is 0 Å². The van der Waals surface area contributed by atoms with Crippen molar-refractivity contribution < 1.29 is 9.59 Å². The summed E-state index contributed by atoms with van der Waals surface area (Å²) in [6.07, 6.45) is 0. The van der Waals surface area contributed by atoms with Crippen LogP contribution in [0.5, 0.6) is 0 Å². The molecule has 1 atom stereocenters. The summed E-state index contributed by atoms with van der Waals surface area (Å²) < 4.78 is 0. The molecule has 0 spiro atoms. The third-order valence-corrected chi connectivity index (χ3v) is 5.15. The number of benzene rings is 2. The summed E-state index contributed by atoms with van der Waals surface area (Å²) in [5, 5.41) is 2.63. The number of hydrogen-bond donors (Lipinski definition) is 2. The molecular formula is C19H22N2O2S. The number of carbonyl (C=O) groups is 2. The average Bonchev–Trinajstić information content (AvgIpc) is 2.51. The molecular weight excluding hydrogens is 320 g/mol. The summed E-state index contributed by atoms with van der Waals surface area (Å²) in [6.45, 7) is 8.09. The van der Waals surface area contributed by atoms with Crippen LogP contribution in [0, 0.1) is 20.8 Å². The van der Waals surface area contributed by atoms with Crippen LogP contribution in [0.3, 0.4) is 0 Å². The molecule has 0 aliphatic rings. The van der Waals surface area contributed by atoms with Gasteiger partial charge in [-0.15, -0.1) is 11.8 Å². The van der Waals surface area contributed by atoms with Crippen LogP contribution in [-0.4, -0.2) is 17.1 Å². The summed E-state index contributed by atoms with van der Waals surface area (Å²) >= 11 is 1.55. The van der Waals surface area contributed by atoms with Gasteiger partial charge in [-0.2, -0.15) is 0 Å². The molecule has 1 unspecified atom stereocenters. The van der Waals surface area contributed by atoms with Crippen molar-refractivity contribution in [2.24, 2.45) is 5.73 Å². The number of anilines is 1. The first-order valence-electron chi connectivity index (χ1n) is 7.73. The molecule has 2 aromatic rings. The molecule has 126 valence electrons. The van der Waals surface area contributed by atoms with Crippen molar-refractivity contribution in [1.82, 2.24) is 0 Å². The number of amides is 2. The third-order valence-electron chi connectivity index (χ3n) is 3.71. The Morgan fingerprint density at radius 2 is 1.58 bits per heavy atom. The van der Waals surface area contributed by atoms with Crippen molar-refractivity contribution in [3.63, 3.8) is 0 Å². The molecule has 2 rings (SSSR count). The molecule has 0 bridgehead atoms. The van der Waals surface area contributed by atoms with Crippen molar-refractivity contribution >= 4 is 29.3 Å². The summed E-state index contributed by atoms with van der Waals surface area (Å²) in [5.74, 6) is -0.562. The van der Waals surface area contributed by atoms with E-state index < -0.39 is 5.91 Å². The van der Waals surface area contributed by atoms with Crippen LogP contribution in [0.1, 0.15) is 34.0 Å². The Morgan fingerprint density at radius 1 is 1.04 bits per heavy atom. The van der Waals surface area contributed by atoms with Crippen molar-refractivity contribution in [2.75, 3.05) is 5.32 Å². The van der Waals surface area contributed by atoms with E-state index in [-0.39, 0.29) is 11.2 Å². The second kappa shape index (κ2) is 7.53. The highest BCUT2D eigenvalue weighted by Gasteiger charge is 2.17. The lowest BCUT2D eigenvalue weighted by molar-refractivity contribution is -0.115. The minimum atomic E-state index is -0.484. The lowest BCUT2D eigenvalue weighted by Crippen LogP contribution is -2.22. The second-order valence-electron chi connectivity index (χ2n) is 5.92. The minimum Gasteiger partial charge on any atom is -0.366 e. The van der Waals surface area contributed by atoms with Crippen LogP contribution >= 0.6 is 11.8 Å². The maximum atomic E-state index is 12.4. The fourth-order valence-corrected chi connectivity index (χ4v) is 3.55. The van der Waals surface area contributed by atoms with E-state index in [9.17, 15) is 9.59 Å². The molecule has 2 amide bonds. The van der Waals surface area contributed by atoms with Crippen LogP contribution in [-0.2, 0) is 4.79 Å². The number of nitrogens with two attached hydrogens (primary N) is 1. The standard InChI is InChI=1S/C19H22N2O2S/c1-11-9-12(2)17(13(3)10-11)24-14(4)19(23)21-16-7-5-15(6-8-16)18(20)22/h5-10,14H,1-4H3,(H2,20,22)(H,21,23). The summed E-state index contributed by atoms with van der Waals surface area (Å²) in [5.41, 5.74) is 9.86. The molecule has 0 aliphatic carbocycles. The van der Waals surface area contributed by atoms with E-state index in [4.69, 9.17) is 5.73 Å². The first-order chi connectivity index (χ1) is 11.3. The van der Waals surface area contributed by atoms with E-state index in [1.807, 2.05) is 6.92 Å². The maximum Gasteiger partial charge on any atom is 0.248 e. The predicted molar refractivity (Wildman–Crippen MR) is 99.6 cm³/mol. The maximum absolute atomic E-state index is 12.4.